The van der Waals surface area contributed by atoms with Gasteiger partial charge in [0.05, 0.1) is 0 Å². The van der Waals surface area contributed by atoms with E-state index in [9.17, 15) is 0 Å². The van der Waals surface area contributed by atoms with Gasteiger partial charge < -0.3 is 16.4 Å². The van der Waals surface area contributed by atoms with Crippen molar-refractivity contribution >= 4 is 0 Å². The standard InChI is InChI=1S/C11H23N3/c1-4-13-7-8-14-9-10(2)5-6-11(3)12/h5-6,13-14H,4,7-9,12H2,1-3H3/b10-5+,11-6-. The molecule has 0 aliphatic rings. The molecule has 0 spiro atoms. The second-order valence-electron chi connectivity index (χ2n) is 3.45. The lowest BCUT2D eigenvalue weighted by Gasteiger charge is -2.04. The normalized spacial score (nSPS) is 13.4. The quantitative estimate of drug-likeness (QED) is 0.421. The Hall–Kier alpha value is -0.800. The topological polar surface area (TPSA) is 50.1 Å². The van der Waals surface area contributed by atoms with Crippen molar-refractivity contribution < 1.29 is 0 Å². The fourth-order valence-corrected chi connectivity index (χ4v) is 0.972. The van der Waals surface area contributed by atoms with Gasteiger partial charge in [0.15, 0.2) is 0 Å². The van der Waals surface area contributed by atoms with Crippen LogP contribution in [0.1, 0.15) is 20.8 Å². The Balaban J connectivity index is 3.48. The van der Waals surface area contributed by atoms with Crippen molar-refractivity contribution in [2.75, 3.05) is 26.2 Å². The second-order valence-corrected chi connectivity index (χ2v) is 3.45. The van der Waals surface area contributed by atoms with Gasteiger partial charge in [0.25, 0.3) is 0 Å². The molecule has 0 saturated carbocycles. The summed E-state index contributed by atoms with van der Waals surface area (Å²) in [6.45, 7) is 10.1. The third-order valence-corrected chi connectivity index (χ3v) is 1.76. The number of hydrogen-bond acceptors (Lipinski definition) is 3. The van der Waals surface area contributed by atoms with Gasteiger partial charge in [-0.3, -0.25) is 0 Å². The number of nitrogens with two attached hydrogens (primary N) is 1. The molecule has 0 rings (SSSR count). The summed E-state index contributed by atoms with van der Waals surface area (Å²) >= 11 is 0. The van der Waals surface area contributed by atoms with Crippen molar-refractivity contribution in [1.82, 2.24) is 10.6 Å². The van der Waals surface area contributed by atoms with Gasteiger partial charge in [-0.2, -0.15) is 0 Å². The van der Waals surface area contributed by atoms with Crippen LogP contribution >= 0.6 is 0 Å². The molecule has 3 nitrogen and oxygen atoms in total. The third kappa shape index (κ3) is 9.29. The van der Waals surface area contributed by atoms with Crippen LogP contribution < -0.4 is 16.4 Å². The van der Waals surface area contributed by atoms with Crippen LogP contribution in [0.15, 0.2) is 23.4 Å². The van der Waals surface area contributed by atoms with Crippen LogP contribution in [-0.2, 0) is 0 Å². The first-order valence-corrected chi connectivity index (χ1v) is 5.17. The molecule has 0 amide bonds. The van der Waals surface area contributed by atoms with Gasteiger partial charge >= 0.3 is 0 Å². The Kier molecular flexibility index (Phi) is 8.28. The Labute approximate surface area is 87.4 Å². The molecule has 0 atom stereocenters. The minimum atomic E-state index is 0.844. The molecule has 0 saturated heterocycles. The molecule has 0 radical (unpaired) electrons. The maximum atomic E-state index is 5.52. The van der Waals surface area contributed by atoms with E-state index in [0.29, 0.717) is 0 Å². The molecular formula is C11H23N3. The van der Waals surface area contributed by atoms with Crippen molar-refractivity contribution in [3.8, 4) is 0 Å². The molecule has 3 heteroatoms. The Morgan fingerprint density at radius 3 is 2.36 bits per heavy atom. The van der Waals surface area contributed by atoms with E-state index < -0.39 is 0 Å². The van der Waals surface area contributed by atoms with Gasteiger partial charge in [-0.1, -0.05) is 18.6 Å². The predicted molar refractivity (Wildman–Crippen MR) is 63.1 cm³/mol. The minimum Gasteiger partial charge on any atom is -0.402 e. The van der Waals surface area contributed by atoms with Crippen LogP contribution in [0.25, 0.3) is 0 Å². The molecule has 0 bridgehead atoms. The van der Waals surface area contributed by atoms with E-state index in [1.807, 2.05) is 13.0 Å². The lowest BCUT2D eigenvalue weighted by molar-refractivity contribution is 0.646. The van der Waals surface area contributed by atoms with E-state index in [-0.39, 0.29) is 0 Å². The average Bonchev–Trinajstić information content (AvgIpc) is 2.14. The van der Waals surface area contributed by atoms with E-state index in [4.69, 9.17) is 5.73 Å². The zero-order valence-corrected chi connectivity index (χ0v) is 9.56. The van der Waals surface area contributed by atoms with E-state index in [1.165, 1.54) is 5.57 Å². The van der Waals surface area contributed by atoms with Crippen molar-refractivity contribution in [2.24, 2.45) is 5.73 Å². The second kappa shape index (κ2) is 8.78. The predicted octanol–water partition coefficient (Wildman–Crippen LogP) is 0.994. The van der Waals surface area contributed by atoms with Crippen LogP contribution in [0.4, 0.5) is 0 Å². The van der Waals surface area contributed by atoms with E-state index in [2.05, 4.69) is 30.6 Å². The number of nitrogens with one attached hydrogen (secondary N) is 2. The van der Waals surface area contributed by atoms with Gasteiger partial charge in [-0.05, 0) is 26.5 Å². The Morgan fingerprint density at radius 2 is 1.79 bits per heavy atom. The highest BCUT2D eigenvalue weighted by Crippen LogP contribution is 1.91. The first-order valence-electron chi connectivity index (χ1n) is 5.17. The molecule has 0 fully saturated rings. The highest BCUT2D eigenvalue weighted by molar-refractivity contribution is 5.14. The summed E-state index contributed by atoms with van der Waals surface area (Å²) in [6, 6.07) is 0. The van der Waals surface area contributed by atoms with Crippen molar-refractivity contribution in [3.05, 3.63) is 23.4 Å². The lowest BCUT2D eigenvalue weighted by Crippen LogP contribution is -2.28. The number of likely N-dealkylation sites (N-methyl/N-ethyl adjacent to an activating group) is 1. The summed E-state index contributed by atoms with van der Waals surface area (Å²) in [7, 11) is 0. The fourth-order valence-electron chi connectivity index (χ4n) is 0.972. The Morgan fingerprint density at radius 1 is 1.14 bits per heavy atom. The molecule has 0 aliphatic carbocycles. The van der Waals surface area contributed by atoms with Crippen LogP contribution in [0, 0.1) is 0 Å². The van der Waals surface area contributed by atoms with Crippen LogP contribution in [-0.4, -0.2) is 26.2 Å². The van der Waals surface area contributed by atoms with Crippen molar-refractivity contribution in [1.29, 1.82) is 0 Å². The number of hydrogen-bond donors (Lipinski definition) is 3. The number of allylic oxidation sites excluding steroid dienone is 3. The van der Waals surface area contributed by atoms with E-state index in [0.717, 1.165) is 31.9 Å². The summed E-state index contributed by atoms with van der Waals surface area (Å²) in [5, 5.41) is 6.60. The molecule has 4 N–H and O–H groups in total. The molecule has 0 aromatic rings. The summed E-state index contributed by atoms with van der Waals surface area (Å²) < 4.78 is 0. The summed E-state index contributed by atoms with van der Waals surface area (Å²) in [6.07, 6.45) is 3.98. The molecule has 14 heavy (non-hydrogen) atoms. The van der Waals surface area contributed by atoms with Gasteiger partial charge in [0.1, 0.15) is 0 Å². The first kappa shape index (κ1) is 13.2. The summed E-state index contributed by atoms with van der Waals surface area (Å²) in [4.78, 5) is 0. The molecule has 0 aromatic carbocycles. The summed E-state index contributed by atoms with van der Waals surface area (Å²) in [5.41, 5.74) is 7.66. The van der Waals surface area contributed by atoms with Gasteiger partial charge in [0.2, 0.25) is 0 Å². The lowest BCUT2D eigenvalue weighted by atomic mass is 10.2. The molecule has 0 aliphatic heterocycles. The zero-order valence-electron chi connectivity index (χ0n) is 9.56. The first-order chi connectivity index (χ1) is 6.66. The monoisotopic (exact) mass is 197 g/mol. The molecule has 0 heterocycles. The van der Waals surface area contributed by atoms with Crippen molar-refractivity contribution in [2.45, 2.75) is 20.8 Å². The third-order valence-electron chi connectivity index (χ3n) is 1.76. The van der Waals surface area contributed by atoms with Crippen molar-refractivity contribution in [3.63, 3.8) is 0 Å². The van der Waals surface area contributed by atoms with Crippen LogP contribution in [0.5, 0.6) is 0 Å². The molecular weight excluding hydrogens is 174 g/mol. The molecule has 82 valence electrons. The van der Waals surface area contributed by atoms with Crippen LogP contribution in [0.2, 0.25) is 0 Å². The van der Waals surface area contributed by atoms with Crippen LogP contribution in [0.3, 0.4) is 0 Å². The number of rotatable bonds is 7. The van der Waals surface area contributed by atoms with E-state index >= 15 is 0 Å². The molecule has 0 unspecified atom stereocenters. The van der Waals surface area contributed by atoms with Gasteiger partial charge in [-0.15, -0.1) is 0 Å². The Bertz CT molecular complexity index is 191. The average molecular weight is 197 g/mol. The van der Waals surface area contributed by atoms with Gasteiger partial charge in [0, 0.05) is 25.3 Å². The zero-order chi connectivity index (χ0) is 10.8. The van der Waals surface area contributed by atoms with Gasteiger partial charge in [-0.25, -0.2) is 0 Å². The van der Waals surface area contributed by atoms with E-state index in [1.54, 1.807) is 0 Å². The maximum absolute atomic E-state index is 5.52. The highest BCUT2D eigenvalue weighted by Gasteiger charge is 1.88. The minimum absolute atomic E-state index is 0.844. The smallest absolute Gasteiger partial charge is 0.0165 e. The maximum Gasteiger partial charge on any atom is 0.0165 e. The SMILES string of the molecule is CCNCCNC/C(C)=C/C=C(/C)N. The largest absolute Gasteiger partial charge is 0.402 e. The highest BCUT2D eigenvalue weighted by atomic mass is 14.9. The summed E-state index contributed by atoms with van der Waals surface area (Å²) in [5.74, 6) is 0. The fraction of sp³-hybridized carbons (Fsp3) is 0.636. The molecule has 0 aromatic heterocycles.